The molecule has 1 aliphatic heterocycles. The van der Waals surface area contributed by atoms with Crippen molar-refractivity contribution in [2.45, 2.75) is 25.5 Å². The number of nitrogens with one attached hydrogen (secondary N) is 1. The molecule has 3 rings (SSSR count). The van der Waals surface area contributed by atoms with Crippen LogP contribution in [-0.2, 0) is 10.5 Å². The van der Waals surface area contributed by atoms with Crippen LogP contribution in [0.15, 0.2) is 73.4 Å². The average Bonchev–Trinajstić information content (AvgIpc) is 3.14. The molecule has 0 amide bonds. The monoisotopic (exact) mass is 428 g/mol. The molecule has 1 aromatic carbocycles. The molecule has 0 aliphatic carbocycles. The van der Waals surface area contributed by atoms with Gasteiger partial charge in [-0.3, -0.25) is 4.79 Å². The number of ketones is 1. The number of carbonyl (C=O) groups is 1. The number of thioether (sulfide) groups is 1. The van der Waals surface area contributed by atoms with Gasteiger partial charge in [0.2, 0.25) is 0 Å². The van der Waals surface area contributed by atoms with Crippen LogP contribution in [-0.4, -0.2) is 5.78 Å². The van der Waals surface area contributed by atoms with Crippen molar-refractivity contribution in [1.82, 2.24) is 5.32 Å². The Balaban J connectivity index is 1.95. The van der Waals surface area contributed by atoms with E-state index in [1.54, 1.807) is 30.2 Å². The first kappa shape index (κ1) is 18.6. The van der Waals surface area contributed by atoms with Gasteiger partial charge < -0.3 is 9.73 Å². The summed E-state index contributed by atoms with van der Waals surface area (Å²) in [6.45, 7) is 3.38. The molecule has 132 valence electrons. The second-order valence-electron chi connectivity index (χ2n) is 5.94. The molecule has 0 saturated heterocycles. The van der Waals surface area contributed by atoms with E-state index in [4.69, 9.17) is 4.42 Å². The minimum atomic E-state index is -0.471. The molecule has 1 N–H and O–H groups in total. The number of carbonyl (C=O) groups excluding carboxylic acids is 1. The van der Waals surface area contributed by atoms with Gasteiger partial charge in [-0.1, -0.05) is 28.1 Å². The van der Waals surface area contributed by atoms with E-state index in [0.29, 0.717) is 22.7 Å². The van der Waals surface area contributed by atoms with E-state index in [2.05, 4.69) is 27.3 Å². The van der Waals surface area contributed by atoms with Crippen molar-refractivity contribution in [3.8, 4) is 6.07 Å². The van der Waals surface area contributed by atoms with Crippen LogP contribution in [0.2, 0.25) is 0 Å². The zero-order valence-electron chi connectivity index (χ0n) is 14.4. The number of hydrogen-bond acceptors (Lipinski definition) is 5. The van der Waals surface area contributed by atoms with Crippen LogP contribution in [0.25, 0.3) is 0 Å². The SMILES string of the molecule is CC(=O)C1=C(C)NC(SCc2ccc(Br)cc2)=C(C#N)[C@@H]1c1ccco1. The largest absolute Gasteiger partial charge is 0.468 e. The van der Waals surface area contributed by atoms with Gasteiger partial charge in [-0.15, -0.1) is 11.8 Å². The minimum absolute atomic E-state index is 0.0684. The Morgan fingerprint density at radius 3 is 2.65 bits per heavy atom. The van der Waals surface area contributed by atoms with E-state index >= 15 is 0 Å². The molecular weight excluding hydrogens is 412 g/mol. The van der Waals surface area contributed by atoms with Gasteiger partial charge >= 0.3 is 0 Å². The number of nitriles is 1. The molecule has 2 heterocycles. The first-order chi connectivity index (χ1) is 12.5. The van der Waals surface area contributed by atoms with E-state index in [1.807, 2.05) is 31.2 Å². The number of allylic oxidation sites excluding steroid dienone is 3. The lowest BCUT2D eigenvalue weighted by Gasteiger charge is -2.27. The van der Waals surface area contributed by atoms with Gasteiger partial charge in [0.25, 0.3) is 0 Å². The van der Waals surface area contributed by atoms with Crippen LogP contribution in [0.4, 0.5) is 0 Å². The maximum atomic E-state index is 12.2. The lowest BCUT2D eigenvalue weighted by molar-refractivity contribution is -0.113. The smallest absolute Gasteiger partial charge is 0.158 e. The van der Waals surface area contributed by atoms with E-state index in [1.165, 1.54) is 6.92 Å². The van der Waals surface area contributed by atoms with Crippen LogP contribution in [0, 0.1) is 11.3 Å². The van der Waals surface area contributed by atoms with Crippen molar-refractivity contribution < 1.29 is 9.21 Å². The normalized spacial score (nSPS) is 17.1. The van der Waals surface area contributed by atoms with Crippen LogP contribution >= 0.6 is 27.7 Å². The topological polar surface area (TPSA) is 66.0 Å². The Bertz CT molecular complexity index is 922. The standard InChI is InChI=1S/C20H17BrN2O2S/c1-12-18(13(2)24)19(17-4-3-9-25-17)16(10-22)20(23-12)26-11-14-5-7-15(21)8-6-14/h3-9,19,23H,11H2,1-2H3/t19-/m1/s1. The second-order valence-corrected chi connectivity index (χ2v) is 7.84. The molecule has 1 aliphatic rings. The van der Waals surface area contributed by atoms with E-state index in [0.717, 1.165) is 20.8 Å². The summed E-state index contributed by atoms with van der Waals surface area (Å²) in [6.07, 6.45) is 1.56. The van der Waals surface area contributed by atoms with Crippen molar-refractivity contribution >= 4 is 33.5 Å². The number of Topliss-reactive ketones (excluding diaryl/α,β-unsaturated/α-hetero) is 1. The Labute approximate surface area is 165 Å². The summed E-state index contributed by atoms with van der Waals surface area (Å²) < 4.78 is 6.57. The van der Waals surface area contributed by atoms with Gasteiger partial charge in [0.15, 0.2) is 5.78 Å². The summed E-state index contributed by atoms with van der Waals surface area (Å²) in [7, 11) is 0. The molecule has 2 aromatic rings. The molecule has 1 atom stereocenters. The zero-order valence-corrected chi connectivity index (χ0v) is 16.8. The fourth-order valence-corrected chi connectivity index (χ4v) is 4.28. The Hall–Kier alpha value is -2.23. The molecular formula is C20H17BrN2O2S. The van der Waals surface area contributed by atoms with Gasteiger partial charge in [-0.05, 0) is 43.7 Å². The lowest BCUT2D eigenvalue weighted by atomic mass is 9.84. The van der Waals surface area contributed by atoms with Crippen LogP contribution in [0.1, 0.15) is 31.1 Å². The second kappa shape index (κ2) is 7.98. The van der Waals surface area contributed by atoms with Crippen LogP contribution in [0.3, 0.4) is 0 Å². The molecule has 26 heavy (non-hydrogen) atoms. The Morgan fingerprint density at radius 1 is 1.35 bits per heavy atom. The van der Waals surface area contributed by atoms with Gasteiger partial charge in [-0.2, -0.15) is 5.26 Å². The molecule has 0 spiro atoms. The Morgan fingerprint density at radius 2 is 2.08 bits per heavy atom. The summed E-state index contributed by atoms with van der Waals surface area (Å²) >= 11 is 4.98. The number of rotatable bonds is 5. The maximum Gasteiger partial charge on any atom is 0.158 e. The molecule has 0 fully saturated rings. The van der Waals surface area contributed by atoms with E-state index in [9.17, 15) is 10.1 Å². The number of nitrogens with zero attached hydrogens (tertiary/aromatic N) is 1. The molecule has 0 radical (unpaired) electrons. The zero-order chi connectivity index (χ0) is 18.7. The number of halogens is 1. The average molecular weight is 429 g/mol. The third-order valence-corrected chi connectivity index (χ3v) is 5.77. The fraction of sp³-hybridized carbons (Fsp3) is 0.200. The van der Waals surface area contributed by atoms with Gasteiger partial charge in [0.1, 0.15) is 5.76 Å². The summed E-state index contributed by atoms with van der Waals surface area (Å²) in [5.41, 5.74) is 3.00. The fourth-order valence-electron chi connectivity index (χ4n) is 2.97. The number of benzene rings is 1. The summed E-state index contributed by atoms with van der Waals surface area (Å²) in [5, 5.41) is 13.8. The van der Waals surface area contributed by atoms with Crippen molar-refractivity contribution in [3.05, 3.63) is 80.3 Å². The highest BCUT2D eigenvalue weighted by atomic mass is 79.9. The van der Waals surface area contributed by atoms with Crippen molar-refractivity contribution in [2.24, 2.45) is 0 Å². The van der Waals surface area contributed by atoms with Gasteiger partial charge in [0.05, 0.1) is 28.9 Å². The molecule has 0 unspecified atom stereocenters. The maximum absolute atomic E-state index is 12.2. The molecule has 4 nitrogen and oxygen atoms in total. The number of furan rings is 1. The Kier molecular flexibility index (Phi) is 5.70. The summed E-state index contributed by atoms with van der Waals surface area (Å²) in [5.74, 6) is 0.783. The predicted octanol–water partition coefficient (Wildman–Crippen LogP) is 5.26. The highest BCUT2D eigenvalue weighted by Gasteiger charge is 2.34. The van der Waals surface area contributed by atoms with Crippen LogP contribution in [0.5, 0.6) is 0 Å². The first-order valence-corrected chi connectivity index (χ1v) is 9.82. The quantitative estimate of drug-likeness (QED) is 0.703. The van der Waals surface area contributed by atoms with Crippen molar-refractivity contribution in [2.75, 3.05) is 0 Å². The summed E-state index contributed by atoms with van der Waals surface area (Å²) in [4.78, 5) is 12.2. The lowest BCUT2D eigenvalue weighted by Crippen LogP contribution is -2.26. The van der Waals surface area contributed by atoms with Crippen molar-refractivity contribution in [3.63, 3.8) is 0 Å². The summed E-state index contributed by atoms with van der Waals surface area (Å²) in [6, 6.07) is 13.9. The van der Waals surface area contributed by atoms with E-state index < -0.39 is 5.92 Å². The number of dihydropyridines is 1. The predicted molar refractivity (Wildman–Crippen MR) is 106 cm³/mol. The van der Waals surface area contributed by atoms with Gasteiger partial charge in [-0.25, -0.2) is 0 Å². The third kappa shape index (κ3) is 3.79. The highest BCUT2D eigenvalue weighted by molar-refractivity contribution is 9.10. The third-order valence-electron chi connectivity index (χ3n) is 4.15. The van der Waals surface area contributed by atoms with E-state index in [-0.39, 0.29) is 5.78 Å². The van der Waals surface area contributed by atoms with Crippen LogP contribution < -0.4 is 5.32 Å². The highest BCUT2D eigenvalue weighted by Crippen LogP contribution is 2.41. The van der Waals surface area contributed by atoms with Crippen molar-refractivity contribution in [1.29, 1.82) is 5.26 Å². The van der Waals surface area contributed by atoms with Gasteiger partial charge in [0, 0.05) is 21.5 Å². The molecule has 0 bridgehead atoms. The molecule has 0 saturated carbocycles. The molecule has 1 aromatic heterocycles. The molecule has 6 heteroatoms. The first-order valence-electron chi connectivity index (χ1n) is 8.05. The minimum Gasteiger partial charge on any atom is -0.468 e. The number of hydrogen-bond donors (Lipinski definition) is 1.